The van der Waals surface area contributed by atoms with Crippen molar-refractivity contribution in [2.24, 2.45) is 0 Å². The van der Waals surface area contributed by atoms with Crippen LogP contribution in [0.4, 0.5) is 14.9 Å². The molecule has 2 amide bonds. The Morgan fingerprint density at radius 1 is 1.22 bits per heavy atom. The molecular formula is C18H19FN2O2. The second kappa shape index (κ2) is 6.69. The van der Waals surface area contributed by atoms with Crippen molar-refractivity contribution in [3.63, 3.8) is 0 Å². The van der Waals surface area contributed by atoms with E-state index in [0.717, 1.165) is 18.4 Å². The summed E-state index contributed by atoms with van der Waals surface area (Å²) in [4.78, 5) is 14.4. The highest BCUT2D eigenvalue weighted by molar-refractivity contribution is 5.91. The Bertz CT molecular complexity index is 688. The fourth-order valence-electron chi connectivity index (χ4n) is 2.98. The average Bonchev–Trinajstić information content (AvgIpc) is 3.06. The third-order valence-corrected chi connectivity index (χ3v) is 4.12. The number of anilines is 1. The summed E-state index contributed by atoms with van der Waals surface area (Å²) in [5.41, 5.74) is 1.60. The zero-order chi connectivity index (χ0) is 16.2. The van der Waals surface area contributed by atoms with E-state index in [1.807, 2.05) is 12.1 Å². The minimum absolute atomic E-state index is 0.0229. The van der Waals surface area contributed by atoms with Gasteiger partial charge in [0.25, 0.3) is 0 Å². The molecule has 1 aliphatic heterocycles. The zero-order valence-corrected chi connectivity index (χ0v) is 13.0. The van der Waals surface area contributed by atoms with E-state index in [2.05, 4.69) is 5.32 Å². The molecule has 23 heavy (non-hydrogen) atoms. The van der Waals surface area contributed by atoms with E-state index >= 15 is 0 Å². The molecule has 1 atom stereocenters. The molecule has 1 fully saturated rings. The maximum Gasteiger partial charge on any atom is 0.322 e. The van der Waals surface area contributed by atoms with Crippen molar-refractivity contribution in [3.8, 4) is 5.75 Å². The fraction of sp³-hybridized carbons (Fsp3) is 0.278. The third-order valence-electron chi connectivity index (χ3n) is 4.12. The van der Waals surface area contributed by atoms with Gasteiger partial charge in [0.1, 0.15) is 11.6 Å². The lowest BCUT2D eigenvalue weighted by molar-refractivity contribution is 0.207. The van der Waals surface area contributed by atoms with Crippen molar-refractivity contribution in [2.75, 3.05) is 19.0 Å². The number of carbonyl (C=O) groups is 1. The van der Waals surface area contributed by atoms with E-state index in [1.165, 1.54) is 12.1 Å². The highest BCUT2D eigenvalue weighted by Crippen LogP contribution is 2.33. The van der Waals surface area contributed by atoms with Crippen LogP contribution in [0.25, 0.3) is 0 Å². The Balaban J connectivity index is 1.77. The number of halogens is 1. The minimum atomic E-state index is -0.267. The number of likely N-dealkylation sites (tertiary alicyclic amines) is 1. The Labute approximate surface area is 134 Å². The van der Waals surface area contributed by atoms with Gasteiger partial charge in [0, 0.05) is 6.54 Å². The molecule has 1 N–H and O–H groups in total. The summed E-state index contributed by atoms with van der Waals surface area (Å²) in [6.45, 7) is 0.684. The summed E-state index contributed by atoms with van der Waals surface area (Å²) in [5.74, 6) is 0.357. The molecule has 0 saturated carbocycles. The molecule has 0 aromatic heterocycles. The summed E-state index contributed by atoms with van der Waals surface area (Å²) in [6, 6.07) is 13.5. The molecule has 0 bridgehead atoms. The number of urea groups is 1. The van der Waals surface area contributed by atoms with Crippen LogP contribution < -0.4 is 10.1 Å². The summed E-state index contributed by atoms with van der Waals surface area (Å²) in [7, 11) is 1.57. The first-order valence-corrected chi connectivity index (χ1v) is 7.65. The molecule has 1 saturated heterocycles. The predicted octanol–water partition coefficient (Wildman–Crippen LogP) is 4.20. The van der Waals surface area contributed by atoms with Crippen LogP contribution >= 0.6 is 0 Å². The van der Waals surface area contributed by atoms with Gasteiger partial charge in [-0.3, -0.25) is 0 Å². The van der Waals surface area contributed by atoms with Gasteiger partial charge in [-0.25, -0.2) is 9.18 Å². The quantitative estimate of drug-likeness (QED) is 0.922. The van der Waals surface area contributed by atoms with E-state index in [1.54, 1.807) is 36.3 Å². The molecule has 4 nitrogen and oxygen atoms in total. The third kappa shape index (κ3) is 3.28. The van der Waals surface area contributed by atoms with Crippen molar-refractivity contribution in [1.29, 1.82) is 0 Å². The van der Waals surface area contributed by atoms with Crippen LogP contribution in [0.2, 0.25) is 0 Å². The number of methoxy groups -OCH3 is 1. The Morgan fingerprint density at radius 3 is 2.70 bits per heavy atom. The molecule has 0 spiro atoms. The number of carbonyl (C=O) groups excluding carboxylic acids is 1. The molecule has 0 radical (unpaired) electrons. The number of rotatable bonds is 3. The molecule has 2 aromatic carbocycles. The van der Waals surface area contributed by atoms with Crippen LogP contribution in [-0.2, 0) is 0 Å². The van der Waals surface area contributed by atoms with Gasteiger partial charge in [-0.1, -0.05) is 24.3 Å². The summed E-state index contributed by atoms with van der Waals surface area (Å²) in [5, 5.41) is 2.90. The van der Waals surface area contributed by atoms with E-state index < -0.39 is 0 Å². The van der Waals surface area contributed by atoms with Gasteiger partial charge in [0.05, 0.1) is 18.8 Å². The minimum Gasteiger partial charge on any atom is -0.495 e. The molecule has 0 unspecified atom stereocenters. The van der Waals surface area contributed by atoms with E-state index in [4.69, 9.17) is 4.74 Å². The van der Waals surface area contributed by atoms with Gasteiger partial charge >= 0.3 is 6.03 Å². The smallest absolute Gasteiger partial charge is 0.322 e. The lowest BCUT2D eigenvalue weighted by Gasteiger charge is -2.25. The van der Waals surface area contributed by atoms with Crippen molar-refractivity contribution < 1.29 is 13.9 Å². The van der Waals surface area contributed by atoms with Crippen LogP contribution in [0, 0.1) is 5.82 Å². The van der Waals surface area contributed by atoms with E-state index in [0.29, 0.717) is 18.0 Å². The number of para-hydroxylation sites is 2. The molecule has 120 valence electrons. The van der Waals surface area contributed by atoms with E-state index in [9.17, 15) is 9.18 Å². The normalized spacial score (nSPS) is 17.1. The SMILES string of the molecule is COc1ccccc1NC(=O)N1CCC[C@@H]1c1ccc(F)cc1. The maximum absolute atomic E-state index is 13.1. The van der Waals surface area contributed by atoms with Crippen molar-refractivity contribution in [3.05, 3.63) is 59.9 Å². The number of hydrogen-bond donors (Lipinski definition) is 1. The first-order valence-electron chi connectivity index (χ1n) is 7.65. The monoisotopic (exact) mass is 314 g/mol. The molecule has 5 heteroatoms. The summed E-state index contributed by atoms with van der Waals surface area (Å²) < 4.78 is 18.4. The average molecular weight is 314 g/mol. The second-order valence-electron chi connectivity index (χ2n) is 5.53. The van der Waals surface area contributed by atoms with Gasteiger partial charge in [0.2, 0.25) is 0 Å². The van der Waals surface area contributed by atoms with Crippen LogP contribution in [-0.4, -0.2) is 24.6 Å². The number of hydrogen-bond acceptors (Lipinski definition) is 2. The molecule has 2 aromatic rings. The molecule has 1 heterocycles. The van der Waals surface area contributed by atoms with Crippen molar-refractivity contribution >= 4 is 11.7 Å². The predicted molar refractivity (Wildman–Crippen MR) is 87.1 cm³/mol. The van der Waals surface area contributed by atoms with Crippen LogP contribution in [0.5, 0.6) is 5.75 Å². The lowest BCUT2D eigenvalue weighted by atomic mass is 10.0. The number of benzene rings is 2. The largest absolute Gasteiger partial charge is 0.495 e. The second-order valence-corrected chi connectivity index (χ2v) is 5.53. The highest BCUT2D eigenvalue weighted by atomic mass is 19.1. The van der Waals surface area contributed by atoms with E-state index in [-0.39, 0.29) is 17.9 Å². The molecule has 1 aliphatic rings. The number of ether oxygens (including phenoxy) is 1. The van der Waals surface area contributed by atoms with Gasteiger partial charge in [-0.15, -0.1) is 0 Å². The lowest BCUT2D eigenvalue weighted by Crippen LogP contribution is -2.34. The highest BCUT2D eigenvalue weighted by Gasteiger charge is 2.30. The number of nitrogens with zero attached hydrogens (tertiary/aromatic N) is 1. The Hall–Kier alpha value is -2.56. The standard InChI is InChI=1S/C18H19FN2O2/c1-23-17-7-3-2-5-15(17)20-18(22)21-12-4-6-16(21)13-8-10-14(19)11-9-13/h2-3,5,7-11,16H,4,6,12H2,1H3,(H,20,22)/t16-/m1/s1. The zero-order valence-electron chi connectivity index (χ0n) is 13.0. The topological polar surface area (TPSA) is 41.6 Å². The fourth-order valence-corrected chi connectivity index (χ4v) is 2.98. The molecule has 3 rings (SSSR count). The summed E-state index contributed by atoms with van der Waals surface area (Å²) in [6.07, 6.45) is 1.81. The van der Waals surface area contributed by atoms with Gasteiger partial charge < -0.3 is 15.0 Å². The van der Waals surface area contributed by atoms with Crippen molar-refractivity contribution in [1.82, 2.24) is 4.90 Å². The van der Waals surface area contributed by atoms with Crippen LogP contribution in [0.15, 0.2) is 48.5 Å². The van der Waals surface area contributed by atoms with Gasteiger partial charge in [0.15, 0.2) is 0 Å². The Morgan fingerprint density at radius 2 is 1.96 bits per heavy atom. The van der Waals surface area contributed by atoms with Crippen LogP contribution in [0.1, 0.15) is 24.4 Å². The summed E-state index contributed by atoms with van der Waals surface area (Å²) >= 11 is 0. The van der Waals surface area contributed by atoms with Crippen molar-refractivity contribution in [2.45, 2.75) is 18.9 Å². The molecule has 0 aliphatic carbocycles. The number of nitrogens with one attached hydrogen (secondary N) is 1. The molecular weight excluding hydrogens is 295 g/mol. The number of amides is 2. The van der Waals surface area contributed by atoms with Crippen LogP contribution in [0.3, 0.4) is 0 Å². The first kappa shape index (κ1) is 15.3. The first-order chi connectivity index (χ1) is 11.2. The maximum atomic E-state index is 13.1. The van der Waals surface area contributed by atoms with Gasteiger partial charge in [-0.2, -0.15) is 0 Å². The Kier molecular flexibility index (Phi) is 4.46. The van der Waals surface area contributed by atoms with Gasteiger partial charge in [-0.05, 0) is 42.7 Å².